The van der Waals surface area contributed by atoms with Gasteiger partial charge in [0.1, 0.15) is 5.82 Å². The van der Waals surface area contributed by atoms with Gasteiger partial charge in [-0.15, -0.1) is 0 Å². The Bertz CT molecular complexity index is 1200. The van der Waals surface area contributed by atoms with Crippen molar-refractivity contribution in [3.63, 3.8) is 0 Å². The summed E-state index contributed by atoms with van der Waals surface area (Å²) in [5.74, 6) is 2.07. The minimum Gasteiger partial charge on any atom is -0.353 e. The van der Waals surface area contributed by atoms with E-state index in [0.29, 0.717) is 19.0 Å². The molecule has 0 saturated carbocycles. The first-order valence-electron chi connectivity index (χ1n) is 12.1. The van der Waals surface area contributed by atoms with Crippen molar-refractivity contribution in [1.29, 1.82) is 0 Å². The molecule has 178 valence electrons. The highest BCUT2D eigenvalue weighted by Gasteiger charge is 2.26. The number of urea groups is 1. The average Bonchev–Trinajstić information content (AvgIpc) is 2.80. The van der Waals surface area contributed by atoms with Crippen LogP contribution in [-0.2, 0) is 0 Å². The van der Waals surface area contributed by atoms with Gasteiger partial charge in [0.05, 0.1) is 0 Å². The first-order valence-corrected chi connectivity index (χ1v) is 12.1. The van der Waals surface area contributed by atoms with Crippen molar-refractivity contribution in [3.05, 3.63) is 70.4 Å². The van der Waals surface area contributed by atoms with E-state index in [1.54, 1.807) is 0 Å². The van der Waals surface area contributed by atoms with E-state index in [-0.39, 0.29) is 6.03 Å². The minimum absolute atomic E-state index is 0.0497. The lowest BCUT2D eigenvalue weighted by Crippen LogP contribution is -2.50. The molecule has 0 radical (unpaired) electrons. The van der Waals surface area contributed by atoms with E-state index in [0.717, 1.165) is 41.7 Å². The van der Waals surface area contributed by atoms with E-state index in [9.17, 15) is 4.79 Å². The zero-order valence-corrected chi connectivity index (χ0v) is 21.1. The molecule has 3 aromatic rings. The lowest BCUT2D eigenvalue weighted by Gasteiger charge is -2.37. The van der Waals surface area contributed by atoms with E-state index < -0.39 is 0 Å². The minimum atomic E-state index is -0.0497. The molecule has 6 heteroatoms. The number of benzene rings is 2. The molecular weight excluding hydrogens is 422 g/mol. The van der Waals surface area contributed by atoms with Crippen LogP contribution in [0.5, 0.6) is 0 Å². The molecule has 34 heavy (non-hydrogen) atoms. The lowest BCUT2D eigenvalue weighted by molar-refractivity contribution is 0.208. The van der Waals surface area contributed by atoms with Crippen LogP contribution < -0.4 is 10.2 Å². The molecule has 6 nitrogen and oxygen atoms in total. The topological polar surface area (TPSA) is 61.4 Å². The van der Waals surface area contributed by atoms with Crippen molar-refractivity contribution >= 4 is 17.5 Å². The number of piperazine rings is 1. The molecule has 4 rings (SSSR count). The SMILES string of the molecule is Cc1cccc(-c2nc(C)c(C(C)C)c(N3CCN(C(=O)Nc4ccc(C)c(C)c4)CC3)n2)c1. The largest absolute Gasteiger partial charge is 0.353 e. The van der Waals surface area contributed by atoms with Crippen LogP contribution in [0.3, 0.4) is 0 Å². The maximum absolute atomic E-state index is 12.9. The Labute approximate surface area is 203 Å². The number of nitrogens with zero attached hydrogens (tertiary/aromatic N) is 4. The van der Waals surface area contributed by atoms with Crippen LogP contribution in [-0.4, -0.2) is 47.1 Å². The van der Waals surface area contributed by atoms with Gasteiger partial charge in [-0.25, -0.2) is 14.8 Å². The van der Waals surface area contributed by atoms with Gasteiger partial charge in [-0.05, 0) is 62.9 Å². The van der Waals surface area contributed by atoms with Crippen molar-refractivity contribution in [2.45, 2.75) is 47.5 Å². The molecule has 1 aromatic heterocycles. The first kappa shape index (κ1) is 23.7. The van der Waals surface area contributed by atoms with Crippen LogP contribution in [0.1, 0.15) is 47.7 Å². The van der Waals surface area contributed by atoms with E-state index in [2.05, 4.69) is 70.0 Å². The van der Waals surface area contributed by atoms with Crippen LogP contribution in [0.2, 0.25) is 0 Å². The van der Waals surface area contributed by atoms with Crippen molar-refractivity contribution < 1.29 is 4.79 Å². The Morgan fingerprint density at radius 3 is 2.29 bits per heavy atom. The molecule has 1 fully saturated rings. The van der Waals surface area contributed by atoms with Gasteiger partial charge in [0, 0.05) is 48.7 Å². The van der Waals surface area contributed by atoms with Crippen LogP contribution in [0.25, 0.3) is 11.4 Å². The summed E-state index contributed by atoms with van der Waals surface area (Å²) in [5, 5.41) is 3.05. The Morgan fingerprint density at radius 2 is 1.65 bits per heavy atom. The third-order valence-electron chi connectivity index (χ3n) is 6.59. The number of hydrogen-bond donors (Lipinski definition) is 1. The van der Waals surface area contributed by atoms with Crippen LogP contribution >= 0.6 is 0 Å². The molecule has 0 spiro atoms. The normalized spacial score (nSPS) is 14.0. The molecule has 0 bridgehead atoms. The second-order valence-electron chi connectivity index (χ2n) is 9.60. The summed E-state index contributed by atoms with van der Waals surface area (Å²) in [7, 11) is 0. The summed E-state index contributed by atoms with van der Waals surface area (Å²) < 4.78 is 0. The van der Waals surface area contributed by atoms with Gasteiger partial charge in [0.15, 0.2) is 5.82 Å². The van der Waals surface area contributed by atoms with Crippen molar-refractivity contribution in [3.8, 4) is 11.4 Å². The zero-order valence-electron chi connectivity index (χ0n) is 21.1. The van der Waals surface area contributed by atoms with E-state index in [1.807, 2.05) is 29.2 Å². The van der Waals surface area contributed by atoms with Crippen molar-refractivity contribution in [2.75, 3.05) is 36.4 Å². The van der Waals surface area contributed by atoms with Gasteiger partial charge in [-0.2, -0.15) is 0 Å². The molecule has 1 N–H and O–H groups in total. The van der Waals surface area contributed by atoms with E-state index in [4.69, 9.17) is 9.97 Å². The van der Waals surface area contributed by atoms with E-state index in [1.165, 1.54) is 22.3 Å². The predicted octanol–water partition coefficient (Wildman–Crippen LogP) is 5.85. The van der Waals surface area contributed by atoms with Gasteiger partial charge < -0.3 is 15.1 Å². The third-order valence-corrected chi connectivity index (χ3v) is 6.59. The Balaban J connectivity index is 1.52. The predicted molar refractivity (Wildman–Crippen MR) is 140 cm³/mol. The summed E-state index contributed by atoms with van der Waals surface area (Å²) in [6.45, 7) is 15.5. The Hall–Kier alpha value is -3.41. The summed E-state index contributed by atoms with van der Waals surface area (Å²) in [6, 6.07) is 14.3. The molecule has 1 aliphatic heterocycles. The van der Waals surface area contributed by atoms with E-state index >= 15 is 0 Å². The standard InChI is InChI=1S/C28H35N5O/c1-18(2)25-22(6)29-26(23-9-7-8-19(3)16-23)31-27(25)32-12-14-33(15-13-32)28(34)30-24-11-10-20(4)21(5)17-24/h7-11,16-18H,12-15H2,1-6H3,(H,30,34). The fourth-order valence-electron chi connectivity index (χ4n) is 4.54. The fraction of sp³-hybridized carbons (Fsp3) is 0.393. The molecule has 0 unspecified atom stereocenters. The Morgan fingerprint density at radius 1 is 0.912 bits per heavy atom. The summed E-state index contributed by atoms with van der Waals surface area (Å²) in [6.07, 6.45) is 0. The second kappa shape index (κ2) is 9.84. The number of aromatic nitrogens is 2. The van der Waals surface area contributed by atoms with Crippen LogP contribution in [0.15, 0.2) is 42.5 Å². The van der Waals surface area contributed by atoms with Gasteiger partial charge in [0.25, 0.3) is 0 Å². The quantitative estimate of drug-likeness (QED) is 0.533. The maximum atomic E-state index is 12.9. The van der Waals surface area contributed by atoms with Crippen molar-refractivity contribution in [1.82, 2.24) is 14.9 Å². The summed E-state index contributed by atoms with van der Waals surface area (Å²) in [5.41, 5.74) is 7.66. The highest BCUT2D eigenvalue weighted by molar-refractivity contribution is 5.89. The monoisotopic (exact) mass is 457 g/mol. The van der Waals surface area contributed by atoms with Gasteiger partial charge >= 0.3 is 6.03 Å². The number of aryl methyl sites for hydroxylation is 4. The Kier molecular flexibility index (Phi) is 6.87. The fourth-order valence-corrected chi connectivity index (χ4v) is 4.54. The molecule has 2 aromatic carbocycles. The summed E-state index contributed by atoms with van der Waals surface area (Å²) >= 11 is 0. The van der Waals surface area contributed by atoms with Crippen LogP contribution in [0, 0.1) is 27.7 Å². The molecule has 2 heterocycles. The van der Waals surface area contributed by atoms with Gasteiger partial charge in [-0.1, -0.05) is 43.7 Å². The van der Waals surface area contributed by atoms with Crippen LogP contribution in [0.4, 0.5) is 16.3 Å². The highest BCUT2D eigenvalue weighted by Crippen LogP contribution is 2.31. The van der Waals surface area contributed by atoms with Gasteiger partial charge in [0.2, 0.25) is 0 Å². The number of nitrogens with one attached hydrogen (secondary N) is 1. The van der Waals surface area contributed by atoms with Crippen molar-refractivity contribution in [2.24, 2.45) is 0 Å². The molecule has 0 aliphatic carbocycles. The maximum Gasteiger partial charge on any atom is 0.321 e. The number of hydrogen-bond acceptors (Lipinski definition) is 4. The number of amides is 2. The third kappa shape index (κ3) is 5.06. The molecular formula is C28H35N5O. The zero-order chi connectivity index (χ0) is 24.4. The summed E-state index contributed by atoms with van der Waals surface area (Å²) in [4.78, 5) is 27.0. The molecule has 1 aliphatic rings. The van der Waals surface area contributed by atoms with Gasteiger partial charge in [-0.3, -0.25) is 0 Å². The molecule has 0 atom stereocenters. The average molecular weight is 458 g/mol. The highest BCUT2D eigenvalue weighted by atomic mass is 16.2. The smallest absolute Gasteiger partial charge is 0.321 e. The number of carbonyl (C=O) groups excluding carboxylic acids is 1. The molecule has 1 saturated heterocycles. The second-order valence-corrected chi connectivity index (χ2v) is 9.60. The first-order chi connectivity index (χ1) is 16.2. The number of anilines is 2. The molecule has 2 amide bonds. The number of rotatable bonds is 4. The lowest BCUT2D eigenvalue weighted by atomic mass is 10.0. The number of carbonyl (C=O) groups is 1.